The third kappa shape index (κ3) is 2.75. The number of aliphatic imine (C=N–C) groups is 1. The third-order valence-electron chi connectivity index (χ3n) is 4.55. The van der Waals surface area contributed by atoms with E-state index in [1.54, 1.807) is 0 Å². The third-order valence-corrected chi connectivity index (χ3v) is 5.27. The van der Waals surface area contributed by atoms with Gasteiger partial charge >= 0.3 is 0 Å². The smallest absolute Gasteiger partial charge is 0.153 e. The highest BCUT2D eigenvalue weighted by molar-refractivity contribution is 6.42. The molecule has 2 aliphatic rings. The van der Waals surface area contributed by atoms with Crippen molar-refractivity contribution in [3.05, 3.63) is 51.8 Å². The zero-order chi connectivity index (χ0) is 16.0. The summed E-state index contributed by atoms with van der Waals surface area (Å²) in [5, 5.41) is 1.14. The number of hydrogen-bond acceptors (Lipinski definition) is 3. The predicted molar refractivity (Wildman–Crippen MR) is 95.3 cm³/mol. The fourth-order valence-corrected chi connectivity index (χ4v) is 3.51. The molecule has 0 unspecified atom stereocenters. The zero-order valence-electron chi connectivity index (χ0n) is 13.0. The lowest BCUT2D eigenvalue weighted by Crippen LogP contribution is -2.47. The maximum atomic E-state index is 6.21. The van der Waals surface area contributed by atoms with Gasteiger partial charge in [-0.1, -0.05) is 23.2 Å². The Morgan fingerprint density at radius 3 is 2.57 bits per heavy atom. The average Bonchev–Trinajstić information content (AvgIpc) is 2.93. The maximum Gasteiger partial charge on any atom is 0.153 e. The number of piperazine rings is 1. The van der Waals surface area contributed by atoms with Crippen LogP contribution in [0.15, 0.2) is 35.5 Å². The van der Waals surface area contributed by atoms with Crippen molar-refractivity contribution in [2.75, 3.05) is 33.2 Å². The second-order valence-corrected chi connectivity index (χ2v) is 6.96. The highest BCUT2D eigenvalue weighted by Crippen LogP contribution is 2.34. The minimum atomic E-state index is 0.554. The molecule has 1 aromatic heterocycles. The van der Waals surface area contributed by atoms with E-state index in [9.17, 15) is 0 Å². The van der Waals surface area contributed by atoms with E-state index in [4.69, 9.17) is 28.2 Å². The summed E-state index contributed by atoms with van der Waals surface area (Å²) in [5.74, 6) is 1.03. The first-order valence-electron chi connectivity index (χ1n) is 7.77. The molecule has 0 aliphatic carbocycles. The number of nitrogens with zero attached hydrogens (tertiary/aromatic N) is 4. The lowest BCUT2D eigenvalue weighted by Gasteiger charge is -2.34. The van der Waals surface area contributed by atoms with E-state index in [1.807, 2.05) is 12.1 Å². The van der Waals surface area contributed by atoms with Crippen LogP contribution in [0.4, 0.5) is 5.69 Å². The molecule has 2 aliphatic heterocycles. The second-order valence-electron chi connectivity index (χ2n) is 6.14. The molecule has 0 saturated carbocycles. The normalized spacial score (nSPS) is 18.2. The van der Waals surface area contributed by atoms with Gasteiger partial charge in [0.2, 0.25) is 0 Å². The molecule has 0 N–H and O–H groups in total. The van der Waals surface area contributed by atoms with Crippen LogP contribution >= 0.6 is 23.2 Å². The molecule has 0 bridgehead atoms. The number of amidine groups is 1. The van der Waals surface area contributed by atoms with Gasteiger partial charge in [0, 0.05) is 38.9 Å². The number of likely N-dealkylation sites (N-methyl/N-ethyl adjacent to an activating group) is 1. The first-order chi connectivity index (χ1) is 11.1. The monoisotopic (exact) mass is 348 g/mol. The summed E-state index contributed by atoms with van der Waals surface area (Å²) in [4.78, 5) is 9.67. The standard InChI is InChI=1S/C17H18Cl2N4/c1-21-5-7-22(8-6-21)17-16-3-2-4-23(16)11-12-9-13(18)14(19)10-15(12)20-17/h2-4,9-10H,5-8,11H2,1H3. The maximum absolute atomic E-state index is 6.21. The van der Waals surface area contributed by atoms with Gasteiger partial charge in [0.15, 0.2) is 5.84 Å². The lowest BCUT2D eigenvalue weighted by molar-refractivity contribution is 0.215. The molecule has 6 heteroatoms. The SMILES string of the molecule is CN1CCN(C2=Nc3cc(Cl)c(Cl)cc3Cn3cccc32)CC1. The predicted octanol–water partition coefficient (Wildman–Crippen LogP) is 3.48. The summed E-state index contributed by atoms with van der Waals surface area (Å²) in [6, 6.07) is 8.01. The van der Waals surface area contributed by atoms with Crippen LogP contribution in [0.3, 0.4) is 0 Å². The van der Waals surface area contributed by atoms with Gasteiger partial charge in [-0.2, -0.15) is 0 Å². The van der Waals surface area contributed by atoms with Crippen molar-refractivity contribution in [3.63, 3.8) is 0 Å². The van der Waals surface area contributed by atoms with Crippen molar-refractivity contribution in [3.8, 4) is 0 Å². The summed E-state index contributed by atoms with van der Waals surface area (Å²) >= 11 is 12.4. The average molecular weight is 349 g/mol. The van der Waals surface area contributed by atoms with Crippen LogP contribution in [-0.2, 0) is 6.54 Å². The summed E-state index contributed by atoms with van der Waals surface area (Å²) in [6.07, 6.45) is 2.10. The van der Waals surface area contributed by atoms with Gasteiger partial charge in [-0.25, -0.2) is 4.99 Å². The van der Waals surface area contributed by atoms with E-state index in [-0.39, 0.29) is 0 Å². The summed E-state index contributed by atoms with van der Waals surface area (Å²) in [6.45, 7) is 4.82. The molecule has 4 nitrogen and oxygen atoms in total. The Bertz CT molecular complexity index is 773. The van der Waals surface area contributed by atoms with E-state index in [2.05, 4.69) is 39.7 Å². The molecule has 0 radical (unpaired) electrons. The number of rotatable bonds is 0. The van der Waals surface area contributed by atoms with E-state index in [0.717, 1.165) is 55.5 Å². The van der Waals surface area contributed by atoms with Crippen molar-refractivity contribution in [1.29, 1.82) is 0 Å². The van der Waals surface area contributed by atoms with Gasteiger partial charge in [0.25, 0.3) is 0 Å². The van der Waals surface area contributed by atoms with E-state index in [0.29, 0.717) is 10.0 Å². The van der Waals surface area contributed by atoms with Crippen LogP contribution in [0.2, 0.25) is 10.0 Å². The van der Waals surface area contributed by atoms with Crippen LogP contribution in [0.1, 0.15) is 11.3 Å². The number of fused-ring (bicyclic) bond motifs is 2. The quantitative estimate of drug-likeness (QED) is 0.727. The Hall–Kier alpha value is -1.49. The topological polar surface area (TPSA) is 23.8 Å². The van der Waals surface area contributed by atoms with Crippen molar-refractivity contribution in [2.45, 2.75) is 6.54 Å². The molecule has 0 amide bonds. The zero-order valence-corrected chi connectivity index (χ0v) is 14.5. The van der Waals surface area contributed by atoms with Gasteiger partial charge < -0.3 is 14.4 Å². The molecule has 0 spiro atoms. The first-order valence-corrected chi connectivity index (χ1v) is 8.53. The minimum Gasteiger partial charge on any atom is -0.352 e. The molecule has 23 heavy (non-hydrogen) atoms. The van der Waals surface area contributed by atoms with Crippen LogP contribution < -0.4 is 0 Å². The van der Waals surface area contributed by atoms with Crippen LogP contribution in [0.25, 0.3) is 0 Å². The Balaban J connectivity index is 1.82. The fraction of sp³-hybridized carbons (Fsp3) is 0.353. The highest BCUT2D eigenvalue weighted by Gasteiger charge is 2.24. The second kappa shape index (κ2) is 5.86. The molecule has 120 valence electrons. The number of aromatic nitrogens is 1. The summed E-state index contributed by atoms with van der Waals surface area (Å²) in [5.41, 5.74) is 3.16. The van der Waals surface area contributed by atoms with Crippen LogP contribution in [0, 0.1) is 0 Å². The van der Waals surface area contributed by atoms with Crippen LogP contribution in [0.5, 0.6) is 0 Å². The Kier molecular flexibility index (Phi) is 3.84. The molecular weight excluding hydrogens is 331 g/mol. The van der Waals surface area contributed by atoms with Crippen molar-refractivity contribution >= 4 is 34.7 Å². The Morgan fingerprint density at radius 1 is 1.04 bits per heavy atom. The van der Waals surface area contributed by atoms with Gasteiger partial charge in [-0.15, -0.1) is 0 Å². The lowest BCUT2D eigenvalue weighted by atomic mass is 10.2. The Morgan fingerprint density at radius 2 is 1.78 bits per heavy atom. The van der Waals surface area contributed by atoms with Crippen molar-refractivity contribution in [1.82, 2.24) is 14.4 Å². The van der Waals surface area contributed by atoms with Crippen molar-refractivity contribution < 1.29 is 0 Å². The van der Waals surface area contributed by atoms with Gasteiger partial charge in [-0.05, 0) is 36.9 Å². The van der Waals surface area contributed by atoms with Crippen LogP contribution in [-0.4, -0.2) is 53.4 Å². The van der Waals surface area contributed by atoms with Gasteiger partial charge in [0.1, 0.15) is 0 Å². The summed E-state index contributed by atoms with van der Waals surface area (Å²) in [7, 11) is 2.16. The number of benzene rings is 1. The molecular formula is C17H18Cl2N4. The molecule has 4 rings (SSSR count). The largest absolute Gasteiger partial charge is 0.352 e. The molecule has 1 aromatic carbocycles. The highest BCUT2D eigenvalue weighted by atomic mass is 35.5. The fourth-order valence-electron chi connectivity index (χ4n) is 3.17. The number of halogens is 2. The molecule has 3 heterocycles. The number of hydrogen-bond donors (Lipinski definition) is 0. The molecule has 2 aromatic rings. The van der Waals surface area contributed by atoms with Crippen molar-refractivity contribution in [2.24, 2.45) is 4.99 Å². The molecule has 1 fully saturated rings. The van der Waals surface area contributed by atoms with E-state index >= 15 is 0 Å². The van der Waals surface area contributed by atoms with Gasteiger partial charge in [0.05, 0.1) is 21.4 Å². The van der Waals surface area contributed by atoms with E-state index in [1.165, 1.54) is 0 Å². The minimum absolute atomic E-state index is 0.554. The van der Waals surface area contributed by atoms with E-state index < -0.39 is 0 Å². The Labute approximate surface area is 145 Å². The molecule has 0 atom stereocenters. The molecule has 1 saturated heterocycles. The summed E-state index contributed by atoms with van der Waals surface area (Å²) < 4.78 is 2.23. The van der Waals surface area contributed by atoms with Gasteiger partial charge in [-0.3, -0.25) is 0 Å². The first kappa shape index (κ1) is 15.1.